The Morgan fingerprint density at radius 3 is 2.70 bits per heavy atom. The molecule has 0 radical (unpaired) electrons. The molecule has 3 amide bonds. The number of hydrogen-bond donors (Lipinski definition) is 1. The summed E-state index contributed by atoms with van der Waals surface area (Å²) < 4.78 is 56.1. The maximum absolute atomic E-state index is 13.5. The van der Waals surface area contributed by atoms with Crippen LogP contribution in [0.3, 0.4) is 0 Å². The Morgan fingerprint density at radius 1 is 1.18 bits per heavy atom. The Bertz CT molecular complexity index is 1160. The van der Waals surface area contributed by atoms with E-state index in [0.29, 0.717) is 29.8 Å². The molecule has 0 aromatic heterocycles. The zero-order valence-corrected chi connectivity index (χ0v) is 17.2. The molecule has 6 nitrogen and oxygen atoms in total. The fourth-order valence-corrected chi connectivity index (χ4v) is 4.78. The standard InChI is InChI=1S/C23H19F4N3O3/c24-15-5-6-19-14(7-15)10-29(22(32)28-19)12-21(31)30-11-13-8-16(30)9-18(13)17-3-1-2-4-20(17)33-23(25,26)27/h1-7,9,13,16H,8,10-12H2,(H,28,32)/t13-,16-/m0/s1. The van der Waals surface area contributed by atoms with Gasteiger partial charge in [0.2, 0.25) is 5.91 Å². The summed E-state index contributed by atoms with van der Waals surface area (Å²) in [5.74, 6) is -1.09. The van der Waals surface area contributed by atoms with Gasteiger partial charge in [-0.2, -0.15) is 0 Å². The van der Waals surface area contributed by atoms with E-state index >= 15 is 0 Å². The van der Waals surface area contributed by atoms with Crippen molar-refractivity contribution in [1.82, 2.24) is 9.80 Å². The second-order valence-corrected chi connectivity index (χ2v) is 8.30. The number of fused-ring (bicyclic) bond motifs is 3. The van der Waals surface area contributed by atoms with E-state index in [0.717, 1.165) is 5.57 Å². The summed E-state index contributed by atoms with van der Waals surface area (Å²) in [6, 6.07) is 9.31. The molecule has 2 aromatic carbocycles. The molecular formula is C23H19F4N3O3. The molecule has 1 aliphatic carbocycles. The van der Waals surface area contributed by atoms with Crippen LogP contribution in [0.4, 0.5) is 28.0 Å². The predicted octanol–water partition coefficient (Wildman–Crippen LogP) is 4.39. The molecule has 1 fully saturated rings. The highest BCUT2D eigenvalue weighted by molar-refractivity contribution is 5.95. The number of carbonyl (C=O) groups excluding carboxylic acids is 2. The summed E-state index contributed by atoms with van der Waals surface area (Å²) in [6.45, 7) is 0.272. The van der Waals surface area contributed by atoms with Crippen molar-refractivity contribution in [2.45, 2.75) is 25.4 Å². The van der Waals surface area contributed by atoms with E-state index in [9.17, 15) is 27.2 Å². The van der Waals surface area contributed by atoms with E-state index in [1.165, 1.54) is 35.2 Å². The van der Waals surface area contributed by atoms with Crippen LogP contribution in [0.1, 0.15) is 17.5 Å². The van der Waals surface area contributed by atoms with Crippen molar-refractivity contribution in [1.29, 1.82) is 0 Å². The van der Waals surface area contributed by atoms with Crippen LogP contribution in [0.15, 0.2) is 48.5 Å². The molecule has 2 heterocycles. The number of anilines is 1. The maximum atomic E-state index is 13.5. The van der Waals surface area contributed by atoms with Gasteiger partial charge in [-0.25, -0.2) is 9.18 Å². The van der Waals surface area contributed by atoms with Crippen molar-refractivity contribution in [2.75, 3.05) is 18.4 Å². The van der Waals surface area contributed by atoms with E-state index < -0.39 is 18.2 Å². The molecule has 172 valence electrons. The highest BCUT2D eigenvalue weighted by Crippen LogP contribution is 2.45. The van der Waals surface area contributed by atoms with E-state index in [2.05, 4.69) is 10.1 Å². The monoisotopic (exact) mass is 461 g/mol. The molecule has 1 N–H and O–H groups in total. The van der Waals surface area contributed by atoms with Gasteiger partial charge in [0.05, 0.1) is 12.6 Å². The Kier molecular flexibility index (Phi) is 5.02. The number of halogens is 4. The lowest BCUT2D eigenvalue weighted by atomic mass is 9.94. The average molecular weight is 461 g/mol. The fourth-order valence-electron chi connectivity index (χ4n) is 4.78. The number of likely N-dealkylation sites (tertiary alicyclic amines) is 1. The fraction of sp³-hybridized carbons (Fsp3) is 0.304. The van der Waals surface area contributed by atoms with Crippen LogP contribution in [0.25, 0.3) is 5.57 Å². The highest BCUT2D eigenvalue weighted by atomic mass is 19.4. The van der Waals surface area contributed by atoms with Crippen LogP contribution >= 0.6 is 0 Å². The predicted molar refractivity (Wildman–Crippen MR) is 111 cm³/mol. The number of para-hydroxylation sites is 1. The van der Waals surface area contributed by atoms with Crippen molar-refractivity contribution in [2.24, 2.45) is 5.92 Å². The van der Waals surface area contributed by atoms with Gasteiger partial charge in [-0.15, -0.1) is 13.2 Å². The summed E-state index contributed by atoms with van der Waals surface area (Å²) in [6.07, 6.45) is -2.40. The maximum Gasteiger partial charge on any atom is 0.573 e. The van der Waals surface area contributed by atoms with Gasteiger partial charge >= 0.3 is 12.4 Å². The summed E-state index contributed by atoms with van der Waals surface area (Å²) >= 11 is 0. The van der Waals surface area contributed by atoms with Crippen molar-refractivity contribution in [3.05, 3.63) is 65.5 Å². The number of urea groups is 1. The molecule has 33 heavy (non-hydrogen) atoms. The molecule has 0 saturated carbocycles. The Hall–Kier alpha value is -3.56. The average Bonchev–Trinajstić information content (AvgIpc) is 3.35. The third-order valence-corrected chi connectivity index (χ3v) is 6.18. The molecular weight excluding hydrogens is 442 g/mol. The molecule has 1 saturated heterocycles. The summed E-state index contributed by atoms with van der Waals surface area (Å²) in [5.41, 5.74) is 2.18. The van der Waals surface area contributed by atoms with Crippen molar-refractivity contribution in [3.63, 3.8) is 0 Å². The minimum atomic E-state index is -4.80. The van der Waals surface area contributed by atoms with Gasteiger partial charge in [0.25, 0.3) is 0 Å². The third-order valence-electron chi connectivity index (χ3n) is 6.18. The minimum absolute atomic E-state index is 0.107. The molecule has 0 spiro atoms. The van der Waals surface area contributed by atoms with Crippen LogP contribution < -0.4 is 10.1 Å². The number of nitrogens with zero attached hydrogens (tertiary/aromatic N) is 2. The van der Waals surface area contributed by atoms with Crippen molar-refractivity contribution >= 4 is 23.2 Å². The van der Waals surface area contributed by atoms with E-state index in [-0.39, 0.29) is 36.7 Å². The normalized spacial score (nSPS) is 21.6. The molecule has 2 aromatic rings. The zero-order valence-electron chi connectivity index (χ0n) is 17.2. The quantitative estimate of drug-likeness (QED) is 0.688. The van der Waals surface area contributed by atoms with Gasteiger partial charge in [0.15, 0.2) is 0 Å². The molecule has 5 rings (SSSR count). The van der Waals surface area contributed by atoms with Crippen LogP contribution in [0, 0.1) is 11.7 Å². The third kappa shape index (κ3) is 4.12. The Balaban J connectivity index is 1.30. The van der Waals surface area contributed by atoms with E-state index in [1.807, 2.05) is 0 Å². The summed E-state index contributed by atoms with van der Waals surface area (Å²) in [4.78, 5) is 28.3. The zero-order chi connectivity index (χ0) is 23.3. The smallest absolute Gasteiger partial charge is 0.405 e. The largest absolute Gasteiger partial charge is 0.573 e. The second kappa shape index (κ2) is 7.79. The van der Waals surface area contributed by atoms with Crippen LogP contribution in [0.5, 0.6) is 5.75 Å². The van der Waals surface area contributed by atoms with Crippen LogP contribution in [0.2, 0.25) is 0 Å². The van der Waals surface area contributed by atoms with Gasteiger partial charge in [-0.05, 0) is 41.8 Å². The van der Waals surface area contributed by atoms with Crippen LogP contribution in [-0.4, -0.2) is 47.2 Å². The van der Waals surface area contributed by atoms with Gasteiger partial charge < -0.3 is 19.9 Å². The van der Waals surface area contributed by atoms with Crippen molar-refractivity contribution in [3.8, 4) is 5.75 Å². The SMILES string of the molecule is O=C1Nc2ccc(F)cc2CN1CC(=O)N1C[C@@H]2C[C@H]1C=C2c1ccccc1OC(F)(F)F. The summed E-state index contributed by atoms with van der Waals surface area (Å²) in [5, 5.41) is 2.65. The van der Waals surface area contributed by atoms with Gasteiger partial charge in [-0.3, -0.25) is 4.79 Å². The van der Waals surface area contributed by atoms with Gasteiger partial charge in [0, 0.05) is 23.7 Å². The lowest BCUT2D eigenvalue weighted by Crippen LogP contribution is -2.47. The van der Waals surface area contributed by atoms with Crippen LogP contribution in [-0.2, 0) is 11.3 Å². The molecule has 0 unspecified atom stereocenters. The number of rotatable bonds is 4. The molecule has 3 aliphatic rings. The molecule has 2 bridgehead atoms. The number of benzene rings is 2. The van der Waals surface area contributed by atoms with Crippen molar-refractivity contribution < 1.29 is 31.9 Å². The highest BCUT2D eigenvalue weighted by Gasteiger charge is 2.43. The molecule has 2 atom stereocenters. The van der Waals surface area contributed by atoms with E-state index in [1.54, 1.807) is 23.1 Å². The summed E-state index contributed by atoms with van der Waals surface area (Å²) in [7, 11) is 0. The lowest BCUT2D eigenvalue weighted by molar-refractivity contribution is -0.274. The first kappa shape index (κ1) is 21.3. The topological polar surface area (TPSA) is 61.9 Å². The molecule has 2 aliphatic heterocycles. The number of nitrogens with one attached hydrogen (secondary N) is 1. The minimum Gasteiger partial charge on any atom is -0.405 e. The number of alkyl halides is 3. The molecule has 10 heteroatoms. The number of carbonyl (C=O) groups is 2. The Morgan fingerprint density at radius 2 is 1.97 bits per heavy atom. The first-order valence-corrected chi connectivity index (χ1v) is 10.4. The Labute approximate surface area is 186 Å². The first-order chi connectivity index (χ1) is 15.7. The number of amides is 3. The number of ether oxygens (including phenoxy) is 1. The van der Waals surface area contributed by atoms with Gasteiger partial charge in [0.1, 0.15) is 18.1 Å². The first-order valence-electron chi connectivity index (χ1n) is 10.4. The lowest BCUT2D eigenvalue weighted by Gasteiger charge is -2.32. The van der Waals surface area contributed by atoms with Gasteiger partial charge in [-0.1, -0.05) is 24.3 Å². The number of hydrogen-bond acceptors (Lipinski definition) is 3. The van der Waals surface area contributed by atoms with E-state index in [4.69, 9.17) is 0 Å². The second-order valence-electron chi connectivity index (χ2n) is 8.30.